The number of nitrogens with one attached hydrogen (secondary N) is 1. The molecule has 1 aromatic heterocycles. The van der Waals surface area contributed by atoms with Gasteiger partial charge in [-0.2, -0.15) is 5.10 Å². The number of hydrogen-bond acceptors (Lipinski definition) is 3. The van der Waals surface area contributed by atoms with Crippen LogP contribution in [-0.2, 0) is 13.5 Å². The molecule has 0 aliphatic heterocycles. The van der Waals surface area contributed by atoms with Crippen molar-refractivity contribution < 1.29 is 0 Å². The standard InChI is InChI=1S/C10H18N4/c1-7-5-9(7)10(12-11)6-8-3-4-14(2)13-8/h3-4,7,9-10,12H,5-6,11H2,1-2H3. The molecule has 0 radical (unpaired) electrons. The zero-order valence-electron chi connectivity index (χ0n) is 8.77. The Morgan fingerprint density at radius 1 is 1.79 bits per heavy atom. The summed E-state index contributed by atoms with van der Waals surface area (Å²) < 4.78 is 1.83. The lowest BCUT2D eigenvalue weighted by Crippen LogP contribution is -2.39. The van der Waals surface area contributed by atoms with Crippen LogP contribution in [0.4, 0.5) is 0 Å². The Hall–Kier alpha value is -0.870. The largest absolute Gasteiger partial charge is 0.276 e. The molecule has 1 aromatic rings. The summed E-state index contributed by atoms with van der Waals surface area (Å²) in [6, 6.07) is 2.44. The summed E-state index contributed by atoms with van der Waals surface area (Å²) in [5.74, 6) is 7.10. The van der Waals surface area contributed by atoms with Crippen LogP contribution in [0.2, 0.25) is 0 Å². The molecule has 1 fully saturated rings. The van der Waals surface area contributed by atoms with Crippen LogP contribution in [0.15, 0.2) is 12.3 Å². The molecule has 14 heavy (non-hydrogen) atoms. The van der Waals surface area contributed by atoms with Crippen molar-refractivity contribution in [1.29, 1.82) is 0 Å². The molecule has 3 N–H and O–H groups in total. The maximum Gasteiger partial charge on any atom is 0.0640 e. The van der Waals surface area contributed by atoms with Gasteiger partial charge in [0, 0.05) is 25.7 Å². The molecule has 0 aromatic carbocycles. The molecule has 1 saturated carbocycles. The number of hydrazine groups is 1. The lowest BCUT2D eigenvalue weighted by molar-refractivity contribution is 0.449. The fourth-order valence-corrected chi connectivity index (χ4v) is 2.04. The van der Waals surface area contributed by atoms with E-state index in [1.54, 1.807) is 0 Å². The molecule has 0 spiro atoms. The van der Waals surface area contributed by atoms with Crippen molar-refractivity contribution >= 4 is 0 Å². The zero-order chi connectivity index (χ0) is 10.1. The van der Waals surface area contributed by atoms with E-state index < -0.39 is 0 Å². The molecular weight excluding hydrogens is 176 g/mol. The van der Waals surface area contributed by atoms with E-state index >= 15 is 0 Å². The summed E-state index contributed by atoms with van der Waals surface area (Å²) >= 11 is 0. The zero-order valence-corrected chi connectivity index (χ0v) is 8.77. The molecule has 1 aliphatic carbocycles. The summed E-state index contributed by atoms with van der Waals surface area (Å²) in [5.41, 5.74) is 4.02. The third-order valence-electron chi connectivity index (χ3n) is 3.10. The monoisotopic (exact) mass is 194 g/mol. The predicted octanol–water partition coefficient (Wildman–Crippen LogP) is 0.451. The molecule has 3 atom stereocenters. The van der Waals surface area contributed by atoms with Crippen LogP contribution in [0, 0.1) is 11.8 Å². The summed E-state index contributed by atoms with van der Waals surface area (Å²) in [4.78, 5) is 0. The van der Waals surface area contributed by atoms with Crippen LogP contribution >= 0.6 is 0 Å². The highest BCUT2D eigenvalue weighted by atomic mass is 15.3. The topological polar surface area (TPSA) is 55.9 Å². The van der Waals surface area contributed by atoms with E-state index in [-0.39, 0.29) is 0 Å². The second-order valence-corrected chi connectivity index (χ2v) is 4.33. The first kappa shape index (κ1) is 9.68. The van der Waals surface area contributed by atoms with Gasteiger partial charge in [0.05, 0.1) is 5.69 Å². The van der Waals surface area contributed by atoms with Gasteiger partial charge in [-0.1, -0.05) is 6.92 Å². The third kappa shape index (κ3) is 1.96. The molecule has 4 heteroatoms. The van der Waals surface area contributed by atoms with E-state index in [0.29, 0.717) is 6.04 Å². The number of nitrogens with zero attached hydrogens (tertiary/aromatic N) is 2. The van der Waals surface area contributed by atoms with Gasteiger partial charge in [0.1, 0.15) is 0 Å². The first-order valence-corrected chi connectivity index (χ1v) is 5.15. The number of nitrogens with two attached hydrogens (primary N) is 1. The van der Waals surface area contributed by atoms with E-state index in [1.165, 1.54) is 6.42 Å². The van der Waals surface area contributed by atoms with E-state index in [9.17, 15) is 0 Å². The molecule has 1 heterocycles. The van der Waals surface area contributed by atoms with E-state index in [4.69, 9.17) is 5.84 Å². The molecular formula is C10H18N4. The van der Waals surface area contributed by atoms with Crippen LogP contribution in [0.3, 0.4) is 0 Å². The second-order valence-electron chi connectivity index (χ2n) is 4.33. The Morgan fingerprint density at radius 3 is 2.93 bits per heavy atom. The highest BCUT2D eigenvalue weighted by Gasteiger charge is 2.39. The summed E-state index contributed by atoms with van der Waals surface area (Å²) in [5, 5.41) is 4.35. The van der Waals surface area contributed by atoms with Gasteiger partial charge in [0.25, 0.3) is 0 Å². The van der Waals surface area contributed by atoms with Crippen LogP contribution in [0.1, 0.15) is 19.0 Å². The van der Waals surface area contributed by atoms with Gasteiger partial charge < -0.3 is 0 Å². The van der Waals surface area contributed by atoms with Crippen molar-refractivity contribution in [2.24, 2.45) is 24.7 Å². The van der Waals surface area contributed by atoms with Crippen molar-refractivity contribution in [3.8, 4) is 0 Å². The van der Waals surface area contributed by atoms with Gasteiger partial charge in [-0.25, -0.2) is 0 Å². The van der Waals surface area contributed by atoms with Gasteiger partial charge in [-0.05, 0) is 24.3 Å². The fraction of sp³-hybridized carbons (Fsp3) is 0.700. The first-order valence-electron chi connectivity index (χ1n) is 5.15. The number of aryl methyl sites for hydroxylation is 1. The second kappa shape index (κ2) is 3.71. The van der Waals surface area contributed by atoms with Gasteiger partial charge in [0.15, 0.2) is 0 Å². The average molecular weight is 194 g/mol. The van der Waals surface area contributed by atoms with Crippen LogP contribution in [0.5, 0.6) is 0 Å². The van der Waals surface area contributed by atoms with Crippen LogP contribution in [-0.4, -0.2) is 15.8 Å². The third-order valence-corrected chi connectivity index (χ3v) is 3.10. The fourth-order valence-electron chi connectivity index (χ4n) is 2.04. The first-order chi connectivity index (χ1) is 6.70. The Morgan fingerprint density at radius 2 is 2.50 bits per heavy atom. The molecule has 1 aliphatic rings. The highest BCUT2D eigenvalue weighted by molar-refractivity contribution is 5.04. The molecule has 0 saturated heterocycles. The van der Waals surface area contributed by atoms with Gasteiger partial charge in [0.2, 0.25) is 0 Å². The average Bonchev–Trinajstić information content (AvgIpc) is 2.72. The van der Waals surface area contributed by atoms with E-state index in [1.807, 2.05) is 17.9 Å². The highest BCUT2D eigenvalue weighted by Crippen LogP contribution is 2.41. The minimum Gasteiger partial charge on any atom is -0.276 e. The van der Waals surface area contributed by atoms with Crippen molar-refractivity contribution in [1.82, 2.24) is 15.2 Å². The maximum absolute atomic E-state index is 5.55. The minimum atomic E-state index is 0.389. The molecule has 0 bridgehead atoms. The van der Waals surface area contributed by atoms with Crippen LogP contribution in [0.25, 0.3) is 0 Å². The Bertz CT molecular complexity index is 307. The number of rotatable bonds is 4. The minimum absolute atomic E-state index is 0.389. The van der Waals surface area contributed by atoms with Gasteiger partial charge in [-0.3, -0.25) is 16.0 Å². The van der Waals surface area contributed by atoms with E-state index in [2.05, 4.69) is 23.5 Å². The van der Waals surface area contributed by atoms with Gasteiger partial charge >= 0.3 is 0 Å². The summed E-state index contributed by atoms with van der Waals surface area (Å²) in [6.07, 6.45) is 4.20. The van der Waals surface area contributed by atoms with Crippen LogP contribution < -0.4 is 11.3 Å². The van der Waals surface area contributed by atoms with Crippen molar-refractivity contribution in [3.05, 3.63) is 18.0 Å². The normalized spacial score (nSPS) is 27.6. The van der Waals surface area contributed by atoms with Gasteiger partial charge in [-0.15, -0.1) is 0 Å². The molecule has 0 amide bonds. The van der Waals surface area contributed by atoms with Crippen molar-refractivity contribution in [2.45, 2.75) is 25.8 Å². The predicted molar refractivity (Wildman–Crippen MR) is 55.3 cm³/mol. The molecule has 78 valence electrons. The Balaban J connectivity index is 1.94. The lowest BCUT2D eigenvalue weighted by Gasteiger charge is -2.13. The summed E-state index contributed by atoms with van der Waals surface area (Å²) in [6.45, 7) is 2.27. The Labute approximate surface area is 84.4 Å². The smallest absolute Gasteiger partial charge is 0.0640 e. The van der Waals surface area contributed by atoms with Crippen molar-refractivity contribution in [3.63, 3.8) is 0 Å². The molecule has 2 rings (SSSR count). The van der Waals surface area contributed by atoms with Crippen molar-refractivity contribution in [2.75, 3.05) is 0 Å². The lowest BCUT2D eigenvalue weighted by atomic mass is 10.1. The number of hydrogen-bond donors (Lipinski definition) is 2. The number of aromatic nitrogens is 2. The quantitative estimate of drug-likeness (QED) is 0.540. The Kier molecular flexibility index (Phi) is 2.56. The molecule has 4 nitrogen and oxygen atoms in total. The van der Waals surface area contributed by atoms with E-state index in [0.717, 1.165) is 24.0 Å². The molecule has 3 unspecified atom stereocenters. The SMILES string of the molecule is CC1CC1C(Cc1ccn(C)n1)NN. The maximum atomic E-state index is 5.55. The summed E-state index contributed by atoms with van der Waals surface area (Å²) in [7, 11) is 1.94.